The molecule has 2 heterocycles. The van der Waals surface area contributed by atoms with E-state index < -0.39 is 0 Å². The molecule has 1 aliphatic heterocycles. The van der Waals surface area contributed by atoms with Crippen molar-refractivity contribution < 1.29 is 9.21 Å². The summed E-state index contributed by atoms with van der Waals surface area (Å²) in [5.41, 5.74) is 1.33. The molecule has 0 spiro atoms. The summed E-state index contributed by atoms with van der Waals surface area (Å²) in [5.74, 6) is 0.338. The lowest BCUT2D eigenvalue weighted by atomic mass is 9.92. The normalized spacial score (nSPS) is 16.5. The Morgan fingerprint density at radius 3 is 2.67 bits per heavy atom. The van der Waals surface area contributed by atoms with Gasteiger partial charge < -0.3 is 4.42 Å². The molecule has 122 valence electrons. The molecule has 1 aromatic heterocycles. The van der Waals surface area contributed by atoms with E-state index in [9.17, 15) is 4.79 Å². The minimum Gasteiger partial charge on any atom is -0.442 e. The highest BCUT2D eigenvalue weighted by Gasteiger charge is 2.28. The first-order chi connectivity index (χ1) is 11.8. The average Bonchev–Trinajstić information content (AvgIpc) is 3.16. The standard InChI is InChI=1S/C20H20N2O2/c23-19(20-21-9-12-24-20)17-7-10-22(11-8-17)14-15-5-6-16-3-1-2-4-18(16)13-15/h1-6,9,12-13,17H,7-8,10-11,14H2. The zero-order valence-corrected chi connectivity index (χ0v) is 13.5. The lowest BCUT2D eigenvalue weighted by Crippen LogP contribution is -2.36. The van der Waals surface area contributed by atoms with Gasteiger partial charge in [0, 0.05) is 12.5 Å². The van der Waals surface area contributed by atoms with Gasteiger partial charge in [0.1, 0.15) is 6.26 Å². The SMILES string of the molecule is O=C(c1ncco1)C1CCN(Cc2ccc3ccccc3c2)CC1. The zero-order valence-electron chi connectivity index (χ0n) is 13.5. The molecular weight excluding hydrogens is 300 g/mol. The Hall–Kier alpha value is -2.46. The van der Waals surface area contributed by atoms with Gasteiger partial charge in [-0.05, 0) is 48.3 Å². The third-order valence-corrected chi connectivity index (χ3v) is 4.82. The van der Waals surface area contributed by atoms with Gasteiger partial charge >= 0.3 is 0 Å². The van der Waals surface area contributed by atoms with E-state index in [1.807, 2.05) is 0 Å². The van der Waals surface area contributed by atoms with Crippen molar-refractivity contribution in [1.82, 2.24) is 9.88 Å². The van der Waals surface area contributed by atoms with Crippen LogP contribution in [0.1, 0.15) is 29.1 Å². The number of rotatable bonds is 4. The third-order valence-electron chi connectivity index (χ3n) is 4.82. The number of likely N-dealkylation sites (tertiary alicyclic amines) is 1. The van der Waals surface area contributed by atoms with E-state index in [1.165, 1.54) is 28.8 Å². The summed E-state index contributed by atoms with van der Waals surface area (Å²) < 4.78 is 5.14. The molecule has 0 bridgehead atoms. The van der Waals surface area contributed by atoms with Crippen LogP contribution in [0.5, 0.6) is 0 Å². The number of nitrogens with zero attached hydrogens (tertiary/aromatic N) is 2. The van der Waals surface area contributed by atoms with Crippen molar-refractivity contribution >= 4 is 16.6 Å². The van der Waals surface area contributed by atoms with Crippen molar-refractivity contribution in [3.63, 3.8) is 0 Å². The second-order valence-corrected chi connectivity index (χ2v) is 6.43. The molecule has 0 unspecified atom stereocenters. The van der Waals surface area contributed by atoms with Crippen LogP contribution in [0.15, 0.2) is 59.3 Å². The molecule has 4 nitrogen and oxygen atoms in total. The lowest BCUT2D eigenvalue weighted by molar-refractivity contribution is 0.0799. The number of Topliss-reactive ketones (excluding diaryl/α,β-unsaturated/α-hetero) is 1. The van der Waals surface area contributed by atoms with Gasteiger partial charge in [-0.25, -0.2) is 4.98 Å². The highest BCUT2D eigenvalue weighted by atomic mass is 16.3. The van der Waals surface area contributed by atoms with Gasteiger partial charge in [-0.15, -0.1) is 0 Å². The number of carbonyl (C=O) groups is 1. The van der Waals surface area contributed by atoms with Gasteiger partial charge in [0.05, 0.1) is 6.20 Å². The lowest BCUT2D eigenvalue weighted by Gasteiger charge is -2.30. The first-order valence-corrected chi connectivity index (χ1v) is 8.43. The Balaban J connectivity index is 1.38. The van der Waals surface area contributed by atoms with Gasteiger partial charge in [-0.1, -0.05) is 36.4 Å². The monoisotopic (exact) mass is 320 g/mol. The highest BCUT2D eigenvalue weighted by molar-refractivity contribution is 5.93. The number of hydrogen-bond donors (Lipinski definition) is 0. The Morgan fingerprint density at radius 2 is 1.92 bits per heavy atom. The van der Waals surface area contributed by atoms with E-state index >= 15 is 0 Å². The van der Waals surface area contributed by atoms with Crippen molar-refractivity contribution in [2.24, 2.45) is 5.92 Å². The summed E-state index contributed by atoms with van der Waals surface area (Å²) in [6.07, 6.45) is 4.73. The first-order valence-electron chi connectivity index (χ1n) is 8.43. The van der Waals surface area contributed by atoms with E-state index in [-0.39, 0.29) is 17.6 Å². The minimum absolute atomic E-state index is 0.0384. The van der Waals surface area contributed by atoms with Crippen LogP contribution in [0.4, 0.5) is 0 Å². The Morgan fingerprint density at radius 1 is 1.12 bits per heavy atom. The van der Waals surface area contributed by atoms with Crippen molar-refractivity contribution in [3.05, 3.63) is 66.4 Å². The van der Waals surface area contributed by atoms with E-state index in [2.05, 4.69) is 52.3 Å². The maximum absolute atomic E-state index is 12.3. The second kappa shape index (κ2) is 6.57. The average molecular weight is 320 g/mol. The molecule has 3 aromatic rings. The Labute approximate surface area is 141 Å². The minimum atomic E-state index is 0.0384. The molecule has 0 aliphatic carbocycles. The number of benzene rings is 2. The molecule has 2 aromatic carbocycles. The van der Waals surface area contributed by atoms with Crippen molar-refractivity contribution in [2.75, 3.05) is 13.1 Å². The molecule has 4 heteroatoms. The van der Waals surface area contributed by atoms with Crippen LogP contribution >= 0.6 is 0 Å². The molecule has 1 saturated heterocycles. The highest BCUT2D eigenvalue weighted by Crippen LogP contribution is 2.23. The molecule has 0 saturated carbocycles. The maximum Gasteiger partial charge on any atom is 0.263 e. The molecule has 0 amide bonds. The topological polar surface area (TPSA) is 46.3 Å². The number of aromatic nitrogens is 1. The van der Waals surface area contributed by atoms with Crippen LogP contribution in [-0.4, -0.2) is 28.8 Å². The quantitative estimate of drug-likeness (QED) is 0.684. The molecule has 0 N–H and O–H groups in total. The fourth-order valence-corrected chi connectivity index (χ4v) is 3.47. The number of carbonyl (C=O) groups excluding carboxylic acids is 1. The van der Waals surface area contributed by atoms with Gasteiger partial charge in [0.2, 0.25) is 5.78 Å². The van der Waals surface area contributed by atoms with Gasteiger partial charge in [0.25, 0.3) is 5.89 Å². The van der Waals surface area contributed by atoms with Gasteiger partial charge in [-0.3, -0.25) is 9.69 Å². The van der Waals surface area contributed by atoms with Crippen molar-refractivity contribution in [3.8, 4) is 0 Å². The summed E-state index contributed by atoms with van der Waals surface area (Å²) in [6.45, 7) is 2.80. The van der Waals surface area contributed by atoms with Crippen LogP contribution in [0.2, 0.25) is 0 Å². The fourth-order valence-electron chi connectivity index (χ4n) is 3.47. The van der Waals surface area contributed by atoms with E-state index in [0.29, 0.717) is 0 Å². The molecule has 4 rings (SSSR count). The number of oxazole rings is 1. The molecule has 1 aliphatic rings. The van der Waals surface area contributed by atoms with E-state index in [1.54, 1.807) is 0 Å². The third kappa shape index (κ3) is 3.10. The van der Waals surface area contributed by atoms with Crippen LogP contribution in [0.3, 0.4) is 0 Å². The number of hydrogen-bond acceptors (Lipinski definition) is 4. The summed E-state index contributed by atoms with van der Waals surface area (Å²) in [4.78, 5) is 18.7. The number of fused-ring (bicyclic) bond motifs is 1. The summed E-state index contributed by atoms with van der Waals surface area (Å²) in [6, 6.07) is 15.1. The fraction of sp³-hybridized carbons (Fsp3) is 0.300. The van der Waals surface area contributed by atoms with Crippen molar-refractivity contribution in [2.45, 2.75) is 19.4 Å². The smallest absolute Gasteiger partial charge is 0.263 e. The first kappa shape index (κ1) is 15.1. The Bertz CT molecular complexity index is 834. The number of piperidine rings is 1. The van der Waals surface area contributed by atoms with E-state index in [4.69, 9.17) is 4.42 Å². The zero-order chi connectivity index (χ0) is 16.4. The molecule has 0 radical (unpaired) electrons. The molecule has 0 atom stereocenters. The summed E-state index contributed by atoms with van der Waals surface area (Å²) >= 11 is 0. The van der Waals surface area contributed by atoms with Crippen LogP contribution in [0, 0.1) is 5.92 Å². The van der Waals surface area contributed by atoms with Gasteiger partial charge in [0.15, 0.2) is 0 Å². The molecule has 24 heavy (non-hydrogen) atoms. The summed E-state index contributed by atoms with van der Waals surface area (Å²) in [7, 11) is 0. The predicted octanol–water partition coefficient (Wildman–Crippen LogP) is 3.92. The molecule has 1 fully saturated rings. The summed E-state index contributed by atoms with van der Waals surface area (Å²) in [5, 5.41) is 2.56. The van der Waals surface area contributed by atoms with Crippen LogP contribution in [-0.2, 0) is 6.54 Å². The van der Waals surface area contributed by atoms with E-state index in [0.717, 1.165) is 32.5 Å². The second-order valence-electron chi connectivity index (χ2n) is 6.43. The Kier molecular flexibility index (Phi) is 4.13. The van der Waals surface area contributed by atoms with Crippen LogP contribution < -0.4 is 0 Å². The van der Waals surface area contributed by atoms with Crippen LogP contribution in [0.25, 0.3) is 10.8 Å². The largest absolute Gasteiger partial charge is 0.442 e. The maximum atomic E-state index is 12.3. The van der Waals surface area contributed by atoms with Gasteiger partial charge in [-0.2, -0.15) is 0 Å². The number of ketones is 1. The predicted molar refractivity (Wildman–Crippen MR) is 92.8 cm³/mol. The van der Waals surface area contributed by atoms with Crippen molar-refractivity contribution in [1.29, 1.82) is 0 Å². The molecular formula is C20H20N2O2.